The van der Waals surface area contributed by atoms with Gasteiger partial charge in [0.1, 0.15) is 6.26 Å². The van der Waals surface area contributed by atoms with Crippen LogP contribution in [0.5, 0.6) is 0 Å². The fourth-order valence-electron chi connectivity index (χ4n) is 1.57. The maximum Gasteiger partial charge on any atom is 0.256 e. The minimum Gasteiger partial charge on any atom is -0.440 e. The van der Waals surface area contributed by atoms with Gasteiger partial charge in [-0.05, 0) is 12.5 Å². The predicted molar refractivity (Wildman–Crippen MR) is 69.9 cm³/mol. The number of rotatable bonds is 4. The van der Waals surface area contributed by atoms with Crippen LogP contribution in [0.2, 0.25) is 0 Å². The maximum atomic E-state index is 6.20. The van der Waals surface area contributed by atoms with Crippen LogP contribution in [0.4, 0.5) is 0 Å². The highest BCUT2D eigenvalue weighted by Crippen LogP contribution is 2.29. The van der Waals surface area contributed by atoms with Gasteiger partial charge in [-0.3, -0.25) is 0 Å². The van der Waals surface area contributed by atoms with E-state index in [2.05, 4.69) is 11.9 Å². The molecule has 0 saturated heterocycles. The molecule has 0 saturated carbocycles. The van der Waals surface area contributed by atoms with E-state index in [4.69, 9.17) is 10.2 Å². The van der Waals surface area contributed by atoms with Crippen LogP contribution in [-0.2, 0) is 0 Å². The Kier molecular flexibility index (Phi) is 3.86. The van der Waals surface area contributed by atoms with Crippen molar-refractivity contribution in [3.8, 4) is 0 Å². The van der Waals surface area contributed by atoms with Crippen LogP contribution in [-0.4, -0.2) is 10.2 Å². The van der Waals surface area contributed by atoms with Crippen LogP contribution in [0.25, 0.3) is 0 Å². The minimum atomic E-state index is -0.0200. The van der Waals surface area contributed by atoms with Crippen molar-refractivity contribution in [3.05, 3.63) is 47.9 Å². The highest BCUT2D eigenvalue weighted by Gasteiger charge is 2.18. The molecule has 2 rings (SSSR count). The Morgan fingerprint density at radius 3 is 2.59 bits per heavy atom. The van der Waals surface area contributed by atoms with Gasteiger partial charge < -0.3 is 10.2 Å². The van der Waals surface area contributed by atoms with Gasteiger partial charge in [-0.25, -0.2) is 4.98 Å². The van der Waals surface area contributed by atoms with Crippen molar-refractivity contribution in [2.24, 2.45) is 5.73 Å². The molecule has 2 aromatic rings. The normalized spacial score (nSPS) is 14.5. The lowest BCUT2D eigenvalue weighted by Crippen LogP contribution is -2.20. The molecule has 17 heavy (non-hydrogen) atoms. The van der Waals surface area contributed by atoms with Gasteiger partial charge in [-0.1, -0.05) is 49.0 Å². The summed E-state index contributed by atoms with van der Waals surface area (Å²) in [7, 11) is 0. The number of hydrogen-bond acceptors (Lipinski definition) is 4. The molecule has 1 aromatic carbocycles. The van der Waals surface area contributed by atoms with E-state index in [0.29, 0.717) is 5.22 Å². The number of benzene rings is 1. The summed E-state index contributed by atoms with van der Waals surface area (Å²) in [6.45, 7) is 4.00. The first kappa shape index (κ1) is 12.2. The van der Waals surface area contributed by atoms with Crippen LogP contribution >= 0.6 is 11.8 Å². The van der Waals surface area contributed by atoms with Gasteiger partial charge >= 0.3 is 0 Å². The molecule has 2 atom stereocenters. The summed E-state index contributed by atoms with van der Waals surface area (Å²) in [6, 6.07) is 10.1. The molecule has 1 aromatic heterocycles. The molecule has 3 nitrogen and oxygen atoms in total. The molecule has 1 heterocycles. The maximum absolute atomic E-state index is 6.20. The lowest BCUT2D eigenvalue weighted by Gasteiger charge is -2.18. The lowest BCUT2D eigenvalue weighted by atomic mass is 10.1. The van der Waals surface area contributed by atoms with Crippen LogP contribution in [0.3, 0.4) is 0 Å². The van der Waals surface area contributed by atoms with E-state index in [-0.39, 0.29) is 11.3 Å². The first-order chi connectivity index (χ1) is 8.16. The second kappa shape index (κ2) is 5.38. The number of aromatic nitrogens is 1. The molecular weight excluding hydrogens is 232 g/mol. The summed E-state index contributed by atoms with van der Waals surface area (Å²) >= 11 is 1.56. The van der Waals surface area contributed by atoms with Crippen molar-refractivity contribution >= 4 is 11.8 Å². The SMILES string of the molecule is Cc1coc(SC(C)C(N)c2ccccc2)n1. The number of hydrogen-bond donors (Lipinski definition) is 1. The van der Waals surface area contributed by atoms with E-state index in [9.17, 15) is 0 Å². The van der Waals surface area contributed by atoms with Crippen molar-refractivity contribution in [2.45, 2.75) is 30.4 Å². The third-order valence-corrected chi connectivity index (χ3v) is 3.63. The second-order valence-electron chi connectivity index (χ2n) is 4.01. The van der Waals surface area contributed by atoms with Gasteiger partial charge in [-0.2, -0.15) is 0 Å². The Labute approximate surface area is 105 Å². The van der Waals surface area contributed by atoms with Crippen LogP contribution in [0.1, 0.15) is 24.2 Å². The van der Waals surface area contributed by atoms with Gasteiger partial charge in [0.05, 0.1) is 5.69 Å². The Morgan fingerprint density at radius 2 is 2.00 bits per heavy atom. The Balaban J connectivity index is 2.03. The molecule has 0 amide bonds. The fraction of sp³-hybridized carbons (Fsp3) is 0.308. The van der Waals surface area contributed by atoms with Crippen LogP contribution in [0, 0.1) is 6.92 Å². The van der Waals surface area contributed by atoms with E-state index >= 15 is 0 Å². The average molecular weight is 248 g/mol. The largest absolute Gasteiger partial charge is 0.440 e. The minimum absolute atomic E-state index is 0.0200. The summed E-state index contributed by atoms with van der Waals surface area (Å²) in [5.74, 6) is 0. The first-order valence-corrected chi connectivity index (χ1v) is 6.44. The van der Waals surface area contributed by atoms with Crippen molar-refractivity contribution in [3.63, 3.8) is 0 Å². The standard InChI is InChI=1S/C13H16N2OS/c1-9-8-16-13(15-9)17-10(2)12(14)11-6-4-3-5-7-11/h3-8,10,12H,14H2,1-2H3. The smallest absolute Gasteiger partial charge is 0.256 e. The third-order valence-electron chi connectivity index (χ3n) is 2.57. The molecule has 4 heteroatoms. The van der Waals surface area contributed by atoms with E-state index < -0.39 is 0 Å². The molecular formula is C13H16N2OS. The summed E-state index contributed by atoms with van der Waals surface area (Å²) < 4.78 is 5.32. The fourth-order valence-corrected chi connectivity index (χ4v) is 2.49. The average Bonchev–Trinajstić information content (AvgIpc) is 2.75. The molecule has 0 spiro atoms. The quantitative estimate of drug-likeness (QED) is 0.844. The van der Waals surface area contributed by atoms with Gasteiger partial charge in [0.25, 0.3) is 5.22 Å². The van der Waals surface area contributed by atoms with Crippen molar-refractivity contribution in [1.29, 1.82) is 0 Å². The molecule has 0 bridgehead atoms. The van der Waals surface area contributed by atoms with Gasteiger partial charge in [-0.15, -0.1) is 0 Å². The molecule has 2 unspecified atom stereocenters. The zero-order valence-electron chi connectivity index (χ0n) is 9.96. The number of aryl methyl sites for hydroxylation is 1. The molecule has 0 aliphatic heterocycles. The molecule has 2 N–H and O–H groups in total. The second-order valence-corrected chi connectivity index (χ2v) is 5.34. The van der Waals surface area contributed by atoms with Gasteiger partial charge in [0.15, 0.2) is 0 Å². The van der Waals surface area contributed by atoms with Gasteiger partial charge in [0, 0.05) is 11.3 Å². The van der Waals surface area contributed by atoms with Crippen LogP contribution < -0.4 is 5.73 Å². The zero-order valence-corrected chi connectivity index (χ0v) is 10.8. The monoisotopic (exact) mass is 248 g/mol. The number of thioether (sulfide) groups is 1. The molecule has 0 radical (unpaired) electrons. The topological polar surface area (TPSA) is 52.0 Å². The Bertz CT molecular complexity index is 469. The molecule has 0 aliphatic rings. The zero-order chi connectivity index (χ0) is 12.3. The summed E-state index contributed by atoms with van der Waals surface area (Å²) in [5.41, 5.74) is 8.23. The number of nitrogens with two attached hydrogens (primary N) is 1. The Hall–Kier alpha value is -1.26. The molecule has 90 valence electrons. The summed E-state index contributed by atoms with van der Waals surface area (Å²) in [4.78, 5) is 4.27. The Morgan fingerprint density at radius 1 is 1.29 bits per heavy atom. The molecule has 0 aliphatic carbocycles. The highest BCUT2D eigenvalue weighted by atomic mass is 32.2. The number of oxazole rings is 1. The molecule has 0 fully saturated rings. The van der Waals surface area contributed by atoms with E-state index in [1.54, 1.807) is 18.0 Å². The predicted octanol–water partition coefficient (Wildman–Crippen LogP) is 3.16. The van der Waals surface area contributed by atoms with Crippen molar-refractivity contribution < 1.29 is 4.42 Å². The van der Waals surface area contributed by atoms with E-state index in [1.165, 1.54) is 0 Å². The first-order valence-electron chi connectivity index (χ1n) is 5.56. The summed E-state index contributed by atoms with van der Waals surface area (Å²) in [5, 5.41) is 0.900. The van der Waals surface area contributed by atoms with Crippen molar-refractivity contribution in [1.82, 2.24) is 4.98 Å². The lowest BCUT2D eigenvalue weighted by molar-refractivity contribution is 0.452. The van der Waals surface area contributed by atoms with E-state index in [0.717, 1.165) is 11.3 Å². The number of nitrogens with zero attached hydrogens (tertiary/aromatic N) is 1. The van der Waals surface area contributed by atoms with Crippen molar-refractivity contribution in [2.75, 3.05) is 0 Å². The van der Waals surface area contributed by atoms with Gasteiger partial charge in [0.2, 0.25) is 0 Å². The van der Waals surface area contributed by atoms with Crippen LogP contribution in [0.15, 0.2) is 46.2 Å². The van der Waals surface area contributed by atoms with E-state index in [1.807, 2.05) is 37.3 Å². The highest BCUT2D eigenvalue weighted by molar-refractivity contribution is 7.99. The third kappa shape index (κ3) is 3.11. The summed E-state index contributed by atoms with van der Waals surface area (Å²) in [6.07, 6.45) is 1.66.